The zero-order chi connectivity index (χ0) is 30.9. The Morgan fingerprint density at radius 1 is 1.25 bits per heavy atom. The molecule has 3 N–H and O–H groups in total. The van der Waals surface area contributed by atoms with E-state index in [1.165, 1.54) is 17.0 Å². The molecular formula is C32H47FN4O3. The molecule has 2 unspecified atom stereocenters. The lowest BCUT2D eigenvalue weighted by Crippen LogP contribution is -2.52. The lowest BCUT2D eigenvalue weighted by atomic mass is 9.89. The maximum atomic E-state index is 13.7. The van der Waals surface area contributed by atoms with E-state index in [-0.39, 0.29) is 41.0 Å². The van der Waals surface area contributed by atoms with Gasteiger partial charge in [0.05, 0.1) is 18.0 Å². The van der Waals surface area contributed by atoms with E-state index >= 15 is 0 Å². The summed E-state index contributed by atoms with van der Waals surface area (Å²) in [4.78, 5) is 31.6. The largest absolute Gasteiger partial charge is 0.487 e. The summed E-state index contributed by atoms with van der Waals surface area (Å²) in [5.74, 6) is -0.0446. The summed E-state index contributed by atoms with van der Waals surface area (Å²) in [6.07, 6.45) is 15.1. The normalized spacial score (nSPS) is 25.1. The molecule has 0 bridgehead atoms. The van der Waals surface area contributed by atoms with Gasteiger partial charge in [-0.15, -0.1) is 12.8 Å². The minimum atomic E-state index is -0.524. The molecule has 1 aromatic rings. The maximum Gasteiger partial charge on any atom is 0.231 e. The number of halogens is 1. The first-order chi connectivity index (χ1) is 18.7. The van der Waals surface area contributed by atoms with Gasteiger partial charge in [-0.1, -0.05) is 51.6 Å². The van der Waals surface area contributed by atoms with Crippen LogP contribution < -0.4 is 15.8 Å². The molecule has 1 aliphatic carbocycles. The van der Waals surface area contributed by atoms with Gasteiger partial charge in [0, 0.05) is 30.5 Å². The van der Waals surface area contributed by atoms with Crippen LogP contribution in [0.2, 0.25) is 0 Å². The topological polar surface area (TPSA) is 97.0 Å². The van der Waals surface area contributed by atoms with Crippen LogP contribution in [0.1, 0.15) is 86.3 Å². The van der Waals surface area contributed by atoms with Crippen molar-refractivity contribution in [3.8, 4) is 18.6 Å². The Morgan fingerprint density at radius 3 is 2.40 bits per heavy atom. The smallest absolute Gasteiger partial charge is 0.231 e. The average molecular weight is 555 g/mol. The van der Waals surface area contributed by atoms with E-state index in [0.717, 1.165) is 5.56 Å². The first kappa shape index (κ1) is 34.4. The number of guanidine groups is 1. The predicted molar refractivity (Wildman–Crippen MR) is 161 cm³/mol. The Kier molecular flexibility index (Phi) is 12.2. The van der Waals surface area contributed by atoms with Crippen molar-refractivity contribution in [2.24, 2.45) is 22.1 Å². The van der Waals surface area contributed by atoms with Crippen molar-refractivity contribution < 1.29 is 18.7 Å². The molecule has 2 heterocycles. The standard InChI is InChI=1S/C23H31FN4O3.C5H8.C2H6.C2H2/c1-21(2)11-18(29)28(20(25)27-21)12-23(5)9-15(23)19(30)26-16-10-22(3,4)31-17-8-13(24)6-7-14(16)17;1-3-5-4-2;2*1-2/h6-8,15-16H,9-12H2,1-5H3,(H2,25,27)(H,26,30);3-5H,1H2,2H3;1-2H3;1-2H/b;5-4-;;/t15?,16?,23-;;;/m1.../s1. The minimum Gasteiger partial charge on any atom is -0.487 e. The highest BCUT2D eigenvalue weighted by Gasteiger charge is 2.57. The molecular weight excluding hydrogens is 507 g/mol. The quantitative estimate of drug-likeness (QED) is 0.349. The lowest BCUT2D eigenvalue weighted by Gasteiger charge is -2.38. The highest BCUT2D eigenvalue weighted by Crippen LogP contribution is 2.53. The van der Waals surface area contributed by atoms with E-state index < -0.39 is 11.1 Å². The molecule has 2 amide bonds. The number of aliphatic imine (C=N–C) groups is 1. The van der Waals surface area contributed by atoms with Gasteiger partial charge in [0.1, 0.15) is 17.2 Å². The van der Waals surface area contributed by atoms with Crippen LogP contribution in [0, 0.1) is 30.0 Å². The molecule has 0 aromatic heterocycles. The molecule has 0 spiro atoms. The average Bonchev–Trinajstić information content (AvgIpc) is 3.55. The second kappa shape index (κ2) is 14.2. The molecule has 1 saturated carbocycles. The molecule has 8 heteroatoms. The number of fused-ring (bicyclic) bond motifs is 1. The summed E-state index contributed by atoms with van der Waals surface area (Å²) in [5, 5.41) is 3.13. The van der Waals surface area contributed by atoms with Crippen LogP contribution in [0.3, 0.4) is 0 Å². The third-order valence-corrected chi connectivity index (χ3v) is 6.84. The SMILES string of the molecule is C#C.C=C/C=C\C.CC.CC1(C)CC(=O)N(C[C@@]2(C)CC2C(=O)NC2CC(C)(C)Oc3cc(F)ccc32)C(N)=N1. The van der Waals surface area contributed by atoms with Crippen molar-refractivity contribution in [2.75, 3.05) is 6.54 Å². The molecule has 1 aromatic carbocycles. The van der Waals surface area contributed by atoms with Crippen molar-refractivity contribution in [3.63, 3.8) is 0 Å². The van der Waals surface area contributed by atoms with Gasteiger partial charge >= 0.3 is 0 Å². The van der Waals surface area contributed by atoms with Crippen molar-refractivity contribution in [2.45, 2.75) is 91.8 Å². The number of carbonyl (C=O) groups is 2. The van der Waals surface area contributed by atoms with Crippen molar-refractivity contribution in [1.82, 2.24) is 10.2 Å². The first-order valence-corrected chi connectivity index (χ1v) is 13.7. The van der Waals surface area contributed by atoms with Crippen LogP contribution in [0.4, 0.5) is 4.39 Å². The number of allylic oxidation sites excluding steroid dienone is 3. The molecule has 4 rings (SSSR count). The number of hydrogen-bond acceptors (Lipinski definition) is 5. The number of nitrogens with zero attached hydrogens (tertiary/aromatic N) is 2. The summed E-state index contributed by atoms with van der Waals surface area (Å²) in [6.45, 7) is 19.4. The van der Waals surface area contributed by atoms with E-state index in [0.29, 0.717) is 31.6 Å². The summed E-state index contributed by atoms with van der Waals surface area (Å²) in [5.41, 5.74) is 5.46. The zero-order valence-electron chi connectivity index (χ0n) is 25.4. The molecule has 0 saturated heterocycles. The highest BCUT2D eigenvalue weighted by atomic mass is 19.1. The molecule has 2 aliphatic heterocycles. The van der Waals surface area contributed by atoms with Gasteiger partial charge in [-0.3, -0.25) is 14.5 Å². The number of nitrogens with two attached hydrogens (primary N) is 1. The monoisotopic (exact) mass is 554 g/mol. The number of rotatable bonds is 5. The van der Waals surface area contributed by atoms with Gasteiger partial charge in [0.2, 0.25) is 11.8 Å². The Bertz CT molecular complexity index is 1140. The summed E-state index contributed by atoms with van der Waals surface area (Å²) in [6, 6.07) is 4.15. The summed E-state index contributed by atoms with van der Waals surface area (Å²) >= 11 is 0. The molecule has 220 valence electrons. The molecule has 7 nitrogen and oxygen atoms in total. The van der Waals surface area contributed by atoms with Gasteiger partial charge in [-0.2, -0.15) is 0 Å². The van der Waals surface area contributed by atoms with Crippen molar-refractivity contribution in [3.05, 3.63) is 54.4 Å². The van der Waals surface area contributed by atoms with E-state index in [2.05, 4.69) is 29.7 Å². The first-order valence-electron chi connectivity index (χ1n) is 13.7. The van der Waals surface area contributed by atoms with Crippen LogP contribution in [0.5, 0.6) is 5.75 Å². The fourth-order valence-corrected chi connectivity index (χ4v) is 4.89. The van der Waals surface area contributed by atoms with E-state index in [1.807, 2.05) is 67.5 Å². The molecule has 40 heavy (non-hydrogen) atoms. The van der Waals surface area contributed by atoms with Crippen molar-refractivity contribution in [1.29, 1.82) is 0 Å². The summed E-state index contributed by atoms with van der Waals surface area (Å²) < 4.78 is 19.6. The Labute approximate surface area is 240 Å². The zero-order valence-corrected chi connectivity index (χ0v) is 25.4. The minimum absolute atomic E-state index is 0.0630. The number of benzene rings is 1. The van der Waals surface area contributed by atoms with Crippen LogP contribution in [0.15, 0.2) is 48.0 Å². The van der Waals surface area contributed by atoms with Gasteiger partial charge in [0.15, 0.2) is 5.96 Å². The second-order valence-electron chi connectivity index (χ2n) is 11.4. The lowest BCUT2D eigenvalue weighted by molar-refractivity contribution is -0.131. The van der Waals surface area contributed by atoms with Gasteiger partial charge in [-0.25, -0.2) is 9.38 Å². The number of hydrogen-bond donors (Lipinski definition) is 2. The van der Waals surface area contributed by atoms with Gasteiger partial charge < -0.3 is 15.8 Å². The number of nitrogens with one attached hydrogen (secondary N) is 1. The molecule has 3 atom stereocenters. The Balaban J connectivity index is 0.000000789. The number of carbonyl (C=O) groups excluding carboxylic acids is 2. The fourth-order valence-electron chi connectivity index (χ4n) is 4.89. The predicted octanol–water partition coefficient (Wildman–Crippen LogP) is 5.92. The second-order valence-corrected chi connectivity index (χ2v) is 11.4. The fraction of sp³-hybridized carbons (Fsp3) is 0.531. The van der Waals surface area contributed by atoms with Crippen LogP contribution in [-0.2, 0) is 9.59 Å². The van der Waals surface area contributed by atoms with E-state index in [4.69, 9.17) is 10.5 Å². The van der Waals surface area contributed by atoms with Crippen molar-refractivity contribution >= 4 is 17.8 Å². The van der Waals surface area contributed by atoms with E-state index in [1.54, 1.807) is 12.1 Å². The molecule has 1 fully saturated rings. The number of ether oxygens (including phenoxy) is 1. The molecule has 0 radical (unpaired) electrons. The van der Waals surface area contributed by atoms with Gasteiger partial charge in [0.25, 0.3) is 0 Å². The van der Waals surface area contributed by atoms with Crippen LogP contribution in [-0.4, -0.2) is 40.4 Å². The Hall–Kier alpha value is -3.60. The van der Waals surface area contributed by atoms with Crippen LogP contribution in [0.25, 0.3) is 0 Å². The number of amides is 2. The maximum absolute atomic E-state index is 13.7. The van der Waals surface area contributed by atoms with Crippen LogP contribution >= 0.6 is 0 Å². The van der Waals surface area contributed by atoms with Gasteiger partial charge in [-0.05, 0) is 52.5 Å². The summed E-state index contributed by atoms with van der Waals surface area (Å²) in [7, 11) is 0. The number of terminal acetylenes is 1. The molecule has 3 aliphatic rings. The third kappa shape index (κ3) is 8.97. The highest BCUT2D eigenvalue weighted by molar-refractivity contribution is 5.99. The Morgan fingerprint density at radius 2 is 1.88 bits per heavy atom. The van der Waals surface area contributed by atoms with E-state index in [9.17, 15) is 14.0 Å². The third-order valence-electron chi connectivity index (χ3n) is 6.84.